The van der Waals surface area contributed by atoms with Crippen molar-refractivity contribution in [2.45, 2.75) is 32.2 Å². The lowest BCUT2D eigenvalue weighted by atomic mass is 10.0. The summed E-state index contributed by atoms with van der Waals surface area (Å²) < 4.78 is 46.8. The van der Waals surface area contributed by atoms with Gasteiger partial charge in [0.05, 0.1) is 12.1 Å². The van der Waals surface area contributed by atoms with Crippen LogP contribution in [0.25, 0.3) is 0 Å². The average molecular weight is 471 g/mol. The van der Waals surface area contributed by atoms with E-state index >= 15 is 0 Å². The lowest BCUT2D eigenvalue weighted by Crippen LogP contribution is -2.57. The van der Waals surface area contributed by atoms with E-state index in [1.165, 1.54) is 0 Å². The van der Waals surface area contributed by atoms with Crippen LogP contribution in [-0.4, -0.2) is 40.2 Å². The van der Waals surface area contributed by atoms with Gasteiger partial charge in [-0.05, 0) is 54.8 Å². The Hall–Kier alpha value is -2.39. The molecule has 2 aromatic rings. The van der Waals surface area contributed by atoms with Gasteiger partial charge in [0.25, 0.3) is 11.6 Å². The van der Waals surface area contributed by atoms with Crippen molar-refractivity contribution in [2.75, 3.05) is 6.61 Å². The Balaban J connectivity index is 1.85. The van der Waals surface area contributed by atoms with E-state index in [1.807, 2.05) is 13.8 Å². The van der Waals surface area contributed by atoms with Crippen LogP contribution in [0.3, 0.4) is 0 Å². The van der Waals surface area contributed by atoms with Crippen molar-refractivity contribution in [2.24, 2.45) is 5.10 Å². The molecule has 0 fully saturated rings. The van der Waals surface area contributed by atoms with Gasteiger partial charge in [0, 0.05) is 4.47 Å². The number of benzene rings is 2. The van der Waals surface area contributed by atoms with Crippen molar-refractivity contribution < 1.29 is 27.8 Å². The lowest BCUT2D eigenvalue weighted by Gasteiger charge is -2.32. The van der Waals surface area contributed by atoms with Crippen molar-refractivity contribution in [1.29, 1.82) is 0 Å². The molecule has 1 amide bonds. The molecule has 0 saturated heterocycles. The number of aliphatic hydroxyl groups is 1. The van der Waals surface area contributed by atoms with Gasteiger partial charge < -0.3 is 9.84 Å². The van der Waals surface area contributed by atoms with E-state index in [1.54, 1.807) is 42.5 Å². The van der Waals surface area contributed by atoms with Crippen LogP contribution in [-0.2, 0) is 4.79 Å². The number of carbonyl (C=O) groups is 1. The van der Waals surface area contributed by atoms with Crippen LogP contribution in [0.1, 0.15) is 23.1 Å². The number of alkyl halides is 3. The van der Waals surface area contributed by atoms with Crippen molar-refractivity contribution in [1.82, 2.24) is 5.01 Å². The van der Waals surface area contributed by atoms with E-state index in [4.69, 9.17) is 4.74 Å². The summed E-state index contributed by atoms with van der Waals surface area (Å²) in [6, 6.07) is 11.5. The Bertz CT molecular complexity index is 978. The maximum absolute atomic E-state index is 13.6. The first-order valence-corrected chi connectivity index (χ1v) is 9.46. The largest absolute Gasteiger partial charge is 0.484 e. The Morgan fingerprint density at radius 1 is 1.24 bits per heavy atom. The highest BCUT2D eigenvalue weighted by atomic mass is 79.9. The SMILES string of the molecule is Cc1ccc(OCC(=O)N2N=C(c3cccc(Br)c3)C[C@]2(O)C(F)(F)F)cc1C. The van der Waals surface area contributed by atoms with Crippen LogP contribution in [0, 0.1) is 13.8 Å². The number of hydrogen-bond donors (Lipinski definition) is 1. The number of carbonyl (C=O) groups excluding carboxylic acids is 1. The fourth-order valence-corrected chi connectivity index (χ4v) is 3.27. The van der Waals surface area contributed by atoms with E-state index in [0.29, 0.717) is 15.8 Å². The van der Waals surface area contributed by atoms with Crippen LogP contribution in [0.4, 0.5) is 13.2 Å². The number of rotatable bonds is 4. The molecule has 0 radical (unpaired) electrons. The number of amides is 1. The molecule has 1 atom stereocenters. The van der Waals surface area contributed by atoms with Crippen molar-refractivity contribution in [3.63, 3.8) is 0 Å². The number of aryl methyl sites for hydroxylation is 2. The molecule has 0 spiro atoms. The van der Waals surface area contributed by atoms with Gasteiger partial charge in [-0.2, -0.15) is 23.3 Å². The number of hydrogen-bond acceptors (Lipinski definition) is 4. The fraction of sp³-hybridized carbons (Fsp3) is 0.300. The van der Waals surface area contributed by atoms with Crippen LogP contribution < -0.4 is 4.74 Å². The second-order valence-corrected chi connectivity index (χ2v) is 7.70. The van der Waals surface area contributed by atoms with Crippen molar-refractivity contribution >= 4 is 27.5 Å². The minimum atomic E-state index is -5.10. The molecule has 1 heterocycles. The zero-order valence-electron chi connectivity index (χ0n) is 15.6. The maximum atomic E-state index is 13.6. The Kier molecular flexibility index (Phi) is 5.73. The Morgan fingerprint density at radius 2 is 1.97 bits per heavy atom. The molecule has 0 aromatic heterocycles. The topological polar surface area (TPSA) is 62.1 Å². The van der Waals surface area contributed by atoms with E-state index in [2.05, 4.69) is 21.0 Å². The molecule has 1 N–H and O–H groups in total. The van der Waals surface area contributed by atoms with Crippen LogP contribution in [0.5, 0.6) is 5.75 Å². The molecule has 154 valence electrons. The van der Waals surface area contributed by atoms with Crippen LogP contribution >= 0.6 is 15.9 Å². The highest BCUT2D eigenvalue weighted by molar-refractivity contribution is 9.10. The Labute approximate surface area is 173 Å². The summed E-state index contributed by atoms with van der Waals surface area (Å²) in [7, 11) is 0. The quantitative estimate of drug-likeness (QED) is 0.723. The number of halogens is 4. The fourth-order valence-electron chi connectivity index (χ4n) is 2.87. The maximum Gasteiger partial charge on any atom is 0.438 e. The van der Waals surface area contributed by atoms with E-state index < -0.39 is 30.8 Å². The lowest BCUT2D eigenvalue weighted by molar-refractivity contribution is -0.302. The summed E-state index contributed by atoms with van der Waals surface area (Å²) in [5.41, 5.74) is -1.19. The van der Waals surface area contributed by atoms with Gasteiger partial charge in [-0.15, -0.1) is 0 Å². The molecule has 29 heavy (non-hydrogen) atoms. The summed E-state index contributed by atoms with van der Waals surface area (Å²) >= 11 is 3.24. The summed E-state index contributed by atoms with van der Waals surface area (Å²) in [4.78, 5) is 12.5. The molecule has 0 unspecified atom stereocenters. The zero-order chi connectivity index (χ0) is 21.4. The third-order valence-corrected chi connectivity index (χ3v) is 5.17. The monoisotopic (exact) mass is 470 g/mol. The van der Waals surface area contributed by atoms with Gasteiger partial charge in [-0.1, -0.05) is 34.1 Å². The standard InChI is InChI=1S/C20H18BrF3N2O3/c1-12-6-7-16(8-13(12)2)29-11-18(27)26-19(28,20(22,23)24)10-17(25-26)14-4-3-5-15(21)9-14/h3-9,28H,10-11H2,1-2H3/t19-/m0/s1. The van der Waals surface area contributed by atoms with Crippen LogP contribution in [0.2, 0.25) is 0 Å². The second kappa shape index (κ2) is 7.79. The molecule has 0 saturated carbocycles. The molecule has 5 nitrogen and oxygen atoms in total. The first-order valence-electron chi connectivity index (χ1n) is 8.67. The molecule has 3 rings (SSSR count). The molecule has 2 aromatic carbocycles. The molecule has 9 heteroatoms. The van der Waals surface area contributed by atoms with Gasteiger partial charge in [0.15, 0.2) is 6.61 Å². The minimum Gasteiger partial charge on any atom is -0.484 e. The summed E-state index contributed by atoms with van der Waals surface area (Å²) in [5, 5.41) is 14.2. The Morgan fingerprint density at radius 3 is 2.59 bits per heavy atom. The van der Waals surface area contributed by atoms with E-state index in [9.17, 15) is 23.1 Å². The molecular formula is C20H18BrF3N2O3. The molecule has 1 aliphatic rings. The zero-order valence-corrected chi connectivity index (χ0v) is 17.2. The first-order chi connectivity index (χ1) is 13.5. The molecule has 0 bridgehead atoms. The molecular weight excluding hydrogens is 453 g/mol. The van der Waals surface area contributed by atoms with Crippen molar-refractivity contribution in [3.8, 4) is 5.75 Å². The van der Waals surface area contributed by atoms with Crippen LogP contribution in [0.15, 0.2) is 52.0 Å². The van der Waals surface area contributed by atoms with Gasteiger partial charge in [-0.3, -0.25) is 4.79 Å². The number of ether oxygens (including phenoxy) is 1. The van der Waals surface area contributed by atoms with Gasteiger partial charge in [0.2, 0.25) is 0 Å². The highest BCUT2D eigenvalue weighted by Crippen LogP contribution is 2.41. The number of hydrazone groups is 1. The molecule has 0 aliphatic carbocycles. The van der Waals surface area contributed by atoms with E-state index in [0.717, 1.165) is 11.1 Å². The third kappa shape index (κ3) is 4.30. The minimum absolute atomic E-state index is 0.0503. The third-order valence-electron chi connectivity index (χ3n) is 4.67. The predicted molar refractivity (Wildman–Crippen MR) is 105 cm³/mol. The average Bonchev–Trinajstić information content (AvgIpc) is 3.01. The van der Waals surface area contributed by atoms with E-state index in [-0.39, 0.29) is 10.7 Å². The summed E-state index contributed by atoms with van der Waals surface area (Å²) in [5.74, 6) is -0.763. The smallest absolute Gasteiger partial charge is 0.438 e. The summed E-state index contributed by atoms with van der Waals surface area (Å²) in [6.45, 7) is 3.05. The van der Waals surface area contributed by atoms with Crippen molar-refractivity contribution in [3.05, 3.63) is 63.6 Å². The first kappa shape index (κ1) is 21.3. The van der Waals surface area contributed by atoms with Gasteiger partial charge in [0.1, 0.15) is 5.75 Å². The second-order valence-electron chi connectivity index (χ2n) is 6.79. The van der Waals surface area contributed by atoms with Gasteiger partial charge in [-0.25, -0.2) is 0 Å². The molecule has 1 aliphatic heterocycles. The normalized spacial score (nSPS) is 19.3. The van der Waals surface area contributed by atoms with Gasteiger partial charge >= 0.3 is 6.18 Å². The number of nitrogens with zero attached hydrogens (tertiary/aromatic N) is 2. The highest BCUT2D eigenvalue weighted by Gasteiger charge is 2.63. The summed E-state index contributed by atoms with van der Waals surface area (Å²) in [6.07, 6.45) is -5.97. The predicted octanol–water partition coefficient (Wildman–Crippen LogP) is 4.33.